The predicted octanol–water partition coefficient (Wildman–Crippen LogP) is 1.53. The number of aliphatic hydroxyl groups excluding tert-OH is 2. The Morgan fingerprint density at radius 3 is 2.91 bits per heavy atom. The van der Waals surface area contributed by atoms with Crippen LogP contribution >= 0.6 is 0 Å². The fourth-order valence-corrected chi connectivity index (χ4v) is 7.40. The van der Waals surface area contributed by atoms with Crippen molar-refractivity contribution in [2.45, 2.75) is 62.1 Å². The molecule has 0 radical (unpaired) electrons. The van der Waals surface area contributed by atoms with E-state index in [-0.39, 0.29) is 23.8 Å². The van der Waals surface area contributed by atoms with Crippen molar-refractivity contribution in [1.82, 2.24) is 4.90 Å². The monoisotopic (exact) mass is 312 g/mol. The Morgan fingerprint density at radius 2 is 2.09 bits per heavy atom. The fraction of sp³-hybridized carbons (Fsp3) is 0.684. The topological polar surface area (TPSA) is 55.7 Å². The summed E-state index contributed by atoms with van der Waals surface area (Å²) in [5.41, 5.74) is 2.38. The number of fused-ring (bicyclic) bond motifs is 2. The summed E-state index contributed by atoms with van der Waals surface area (Å²) in [6.07, 6.45) is 2.52. The van der Waals surface area contributed by atoms with Gasteiger partial charge in [-0.15, -0.1) is 0 Å². The molecular formula is C19H24N2O2. The molecule has 4 heteroatoms. The summed E-state index contributed by atoms with van der Waals surface area (Å²) in [5.74, 6) is 1.13. The van der Waals surface area contributed by atoms with Crippen molar-refractivity contribution in [2.24, 2.45) is 17.8 Å². The summed E-state index contributed by atoms with van der Waals surface area (Å²) >= 11 is 0. The van der Waals surface area contributed by atoms with Crippen molar-refractivity contribution in [1.29, 1.82) is 0 Å². The first-order valence-electron chi connectivity index (χ1n) is 9.18. The fourth-order valence-electron chi connectivity index (χ4n) is 7.40. The standard InChI is InChI=1S/C19H24N2O2/c1-2-9-10-7-13-16-19(11-5-3-4-6-12(11)20-16)8-14(15(10)17(19)22)21(13)18(9)23/h3-6,9-10,13-18,20,22-23H,2,7-8H2,1H3/t9-,10-,13-,14-,15+,16?,17+,18+,19+/m0/s1. The molecule has 1 aliphatic carbocycles. The maximum atomic E-state index is 11.5. The zero-order chi connectivity index (χ0) is 15.5. The van der Waals surface area contributed by atoms with Gasteiger partial charge in [-0.2, -0.15) is 0 Å². The van der Waals surface area contributed by atoms with Crippen molar-refractivity contribution in [3.8, 4) is 0 Å². The molecule has 23 heavy (non-hydrogen) atoms. The molecule has 7 rings (SSSR count). The van der Waals surface area contributed by atoms with Gasteiger partial charge in [-0.25, -0.2) is 0 Å². The smallest absolute Gasteiger partial charge is 0.111 e. The summed E-state index contributed by atoms with van der Waals surface area (Å²) in [5, 5.41) is 26.1. The van der Waals surface area contributed by atoms with Crippen molar-refractivity contribution >= 4 is 5.69 Å². The van der Waals surface area contributed by atoms with Crippen LogP contribution in [0.1, 0.15) is 31.7 Å². The predicted molar refractivity (Wildman–Crippen MR) is 87.0 cm³/mol. The number of nitrogens with one attached hydrogen (secondary N) is 1. The second-order valence-corrected chi connectivity index (χ2v) is 8.40. The first-order valence-corrected chi connectivity index (χ1v) is 9.18. The molecule has 0 amide bonds. The Bertz CT molecular complexity index is 694. The molecule has 5 bridgehead atoms. The van der Waals surface area contributed by atoms with Gasteiger partial charge in [0.2, 0.25) is 0 Å². The van der Waals surface area contributed by atoms with E-state index in [4.69, 9.17) is 0 Å². The zero-order valence-electron chi connectivity index (χ0n) is 13.4. The quantitative estimate of drug-likeness (QED) is 0.736. The van der Waals surface area contributed by atoms with Crippen LogP contribution in [-0.4, -0.2) is 45.6 Å². The van der Waals surface area contributed by atoms with Crippen molar-refractivity contribution < 1.29 is 10.2 Å². The van der Waals surface area contributed by atoms with Crippen LogP contribution in [-0.2, 0) is 5.41 Å². The molecule has 1 saturated carbocycles. The average Bonchev–Trinajstić information content (AvgIpc) is 3.02. The highest BCUT2D eigenvalue weighted by molar-refractivity contribution is 5.65. The van der Waals surface area contributed by atoms with Crippen LogP contribution in [0.5, 0.6) is 0 Å². The number of benzene rings is 1. The average molecular weight is 312 g/mol. The highest BCUT2D eigenvalue weighted by Gasteiger charge is 2.75. The van der Waals surface area contributed by atoms with Crippen LogP contribution in [0.25, 0.3) is 0 Å². The SMILES string of the molecule is CC[C@H]1[C@@H]2C[C@H]3C4Nc5ccccc5[C@]45C[C@@H]([C@@H]2[C@H]5O)N3[C@@H]1O. The van der Waals surface area contributed by atoms with Crippen molar-refractivity contribution in [3.63, 3.8) is 0 Å². The molecule has 1 aromatic rings. The van der Waals surface area contributed by atoms with Gasteiger partial charge in [0.1, 0.15) is 6.23 Å². The lowest BCUT2D eigenvalue weighted by Gasteiger charge is -2.61. The zero-order valence-corrected chi connectivity index (χ0v) is 13.4. The maximum absolute atomic E-state index is 11.5. The van der Waals surface area contributed by atoms with Gasteiger partial charge in [0, 0.05) is 35.0 Å². The Hall–Kier alpha value is -1.10. The molecule has 5 fully saturated rings. The van der Waals surface area contributed by atoms with Gasteiger partial charge in [0.25, 0.3) is 0 Å². The van der Waals surface area contributed by atoms with Crippen molar-refractivity contribution in [3.05, 3.63) is 29.8 Å². The third-order valence-corrected chi connectivity index (χ3v) is 8.05. The van der Waals surface area contributed by atoms with Crippen LogP contribution in [0.2, 0.25) is 0 Å². The molecule has 10 atom stereocenters. The third-order valence-electron chi connectivity index (χ3n) is 8.05. The molecule has 0 aromatic heterocycles. The van der Waals surface area contributed by atoms with E-state index in [1.807, 2.05) is 0 Å². The molecule has 5 aliphatic heterocycles. The van der Waals surface area contributed by atoms with Gasteiger partial charge < -0.3 is 15.5 Å². The molecule has 1 aromatic carbocycles. The summed E-state index contributed by atoms with van der Waals surface area (Å²) < 4.78 is 0. The lowest BCUT2D eigenvalue weighted by molar-refractivity contribution is -0.210. The number of hydrogen-bond donors (Lipinski definition) is 3. The number of piperidine rings is 4. The number of hydrogen-bond acceptors (Lipinski definition) is 4. The van der Waals surface area contributed by atoms with Gasteiger partial charge in [-0.3, -0.25) is 4.90 Å². The summed E-state index contributed by atoms with van der Waals surface area (Å²) in [6, 6.07) is 9.50. The minimum atomic E-state index is -0.321. The molecule has 4 saturated heterocycles. The van der Waals surface area contributed by atoms with E-state index in [1.165, 1.54) is 11.3 Å². The normalized spacial score (nSPS) is 57.3. The van der Waals surface area contributed by atoms with E-state index in [0.29, 0.717) is 29.8 Å². The minimum absolute atomic E-state index is 0.135. The number of nitrogens with zero attached hydrogens (tertiary/aromatic N) is 1. The largest absolute Gasteiger partial charge is 0.392 e. The van der Waals surface area contributed by atoms with Crippen LogP contribution < -0.4 is 5.32 Å². The Kier molecular flexibility index (Phi) is 2.26. The molecular weight excluding hydrogens is 288 g/mol. The Morgan fingerprint density at radius 1 is 1.26 bits per heavy atom. The van der Waals surface area contributed by atoms with E-state index in [0.717, 1.165) is 19.3 Å². The van der Waals surface area contributed by atoms with E-state index in [9.17, 15) is 10.2 Å². The van der Waals surface area contributed by atoms with E-state index < -0.39 is 0 Å². The van der Waals surface area contributed by atoms with Gasteiger partial charge in [-0.1, -0.05) is 25.1 Å². The number of rotatable bonds is 1. The van der Waals surface area contributed by atoms with Crippen LogP contribution in [0.15, 0.2) is 24.3 Å². The molecule has 5 heterocycles. The highest BCUT2D eigenvalue weighted by atomic mass is 16.3. The molecule has 2 unspecified atom stereocenters. The van der Waals surface area contributed by atoms with Crippen molar-refractivity contribution in [2.75, 3.05) is 5.32 Å². The van der Waals surface area contributed by atoms with Crippen LogP contribution in [0.3, 0.4) is 0 Å². The van der Waals surface area contributed by atoms with E-state index in [2.05, 4.69) is 41.4 Å². The lowest BCUT2D eigenvalue weighted by atomic mass is 9.63. The molecule has 1 spiro atoms. The molecule has 6 aliphatic rings. The Balaban J connectivity index is 1.57. The molecule has 4 nitrogen and oxygen atoms in total. The van der Waals surface area contributed by atoms with Crippen LogP contribution in [0.4, 0.5) is 5.69 Å². The second-order valence-electron chi connectivity index (χ2n) is 8.40. The number of aliphatic hydroxyl groups is 2. The lowest BCUT2D eigenvalue weighted by Crippen LogP contribution is -2.71. The number of anilines is 1. The summed E-state index contributed by atoms with van der Waals surface area (Å²) in [4.78, 5) is 2.39. The van der Waals surface area contributed by atoms with Gasteiger partial charge in [0.15, 0.2) is 0 Å². The second kappa shape index (κ2) is 3.93. The summed E-state index contributed by atoms with van der Waals surface area (Å²) in [7, 11) is 0. The van der Waals surface area contributed by atoms with Crippen LogP contribution in [0, 0.1) is 17.8 Å². The minimum Gasteiger partial charge on any atom is -0.392 e. The van der Waals surface area contributed by atoms with E-state index in [1.54, 1.807) is 0 Å². The Labute approximate surface area is 136 Å². The molecule has 3 N–H and O–H groups in total. The van der Waals surface area contributed by atoms with Gasteiger partial charge >= 0.3 is 0 Å². The first-order chi connectivity index (χ1) is 11.2. The number of para-hydroxylation sites is 1. The van der Waals surface area contributed by atoms with Gasteiger partial charge in [-0.05, 0) is 36.8 Å². The third kappa shape index (κ3) is 1.20. The maximum Gasteiger partial charge on any atom is 0.111 e. The highest BCUT2D eigenvalue weighted by Crippen LogP contribution is 2.67. The molecule has 122 valence electrons. The first kappa shape index (κ1) is 13.2. The van der Waals surface area contributed by atoms with E-state index >= 15 is 0 Å². The summed E-state index contributed by atoms with van der Waals surface area (Å²) in [6.45, 7) is 2.18. The van der Waals surface area contributed by atoms with Gasteiger partial charge in [0.05, 0.1) is 12.1 Å².